The molecule has 1 aliphatic rings. The number of nitrogens with one attached hydrogen (secondary N) is 1. The zero-order chi connectivity index (χ0) is 17.8. The standard InChI is InChI=1S/C19H19ClN2O3/c20-15-7-1-2-9-17(15)22-10-4-8-16(18(22)23)21-12-13-5-3-6-14(11-13)19(24)25/h1-3,5-7,9,11,16,21H,4,8,10,12H2,(H,24,25). The Bertz CT molecular complexity index is 794. The van der Waals surface area contributed by atoms with Gasteiger partial charge in [0.25, 0.3) is 0 Å². The van der Waals surface area contributed by atoms with Gasteiger partial charge in [0.2, 0.25) is 5.91 Å². The number of benzene rings is 2. The molecule has 0 bridgehead atoms. The molecule has 3 rings (SSSR count). The van der Waals surface area contributed by atoms with E-state index >= 15 is 0 Å². The van der Waals surface area contributed by atoms with Crippen LogP contribution in [0, 0.1) is 0 Å². The number of rotatable bonds is 5. The van der Waals surface area contributed by atoms with E-state index in [1.165, 1.54) is 0 Å². The Morgan fingerprint density at radius 2 is 2.04 bits per heavy atom. The lowest BCUT2D eigenvalue weighted by atomic mass is 10.0. The van der Waals surface area contributed by atoms with E-state index in [2.05, 4.69) is 5.32 Å². The van der Waals surface area contributed by atoms with Crippen molar-refractivity contribution in [2.24, 2.45) is 0 Å². The molecule has 0 spiro atoms. The molecular formula is C19H19ClN2O3. The number of hydrogen-bond donors (Lipinski definition) is 2. The van der Waals surface area contributed by atoms with Crippen LogP contribution in [0.3, 0.4) is 0 Å². The van der Waals surface area contributed by atoms with Crippen molar-refractivity contribution in [1.82, 2.24) is 5.32 Å². The molecule has 2 N–H and O–H groups in total. The van der Waals surface area contributed by atoms with Gasteiger partial charge in [-0.15, -0.1) is 0 Å². The molecule has 1 heterocycles. The molecule has 1 fully saturated rings. The quantitative estimate of drug-likeness (QED) is 0.860. The predicted octanol–water partition coefficient (Wildman–Crippen LogP) is 3.32. The zero-order valence-electron chi connectivity index (χ0n) is 13.6. The molecule has 2 aromatic carbocycles. The van der Waals surface area contributed by atoms with Gasteiger partial charge < -0.3 is 15.3 Å². The fourth-order valence-corrected chi connectivity index (χ4v) is 3.27. The van der Waals surface area contributed by atoms with Crippen molar-refractivity contribution in [2.45, 2.75) is 25.4 Å². The average Bonchev–Trinajstić information content (AvgIpc) is 2.62. The fraction of sp³-hybridized carbons (Fsp3) is 0.263. The van der Waals surface area contributed by atoms with Crippen molar-refractivity contribution in [3.8, 4) is 0 Å². The van der Waals surface area contributed by atoms with Gasteiger partial charge in [-0.05, 0) is 42.7 Å². The fourth-order valence-electron chi connectivity index (χ4n) is 3.03. The summed E-state index contributed by atoms with van der Waals surface area (Å²) < 4.78 is 0. The number of aromatic carboxylic acids is 1. The summed E-state index contributed by atoms with van der Waals surface area (Å²) in [5, 5.41) is 12.9. The summed E-state index contributed by atoms with van der Waals surface area (Å²) in [4.78, 5) is 25.6. The number of carboxylic acids is 1. The number of amides is 1. The van der Waals surface area contributed by atoms with Gasteiger partial charge in [-0.2, -0.15) is 0 Å². The number of halogens is 1. The Labute approximate surface area is 151 Å². The molecule has 5 nitrogen and oxygen atoms in total. The smallest absolute Gasteiger partial charge is 0.335 e. The van der Waals surface area contributed by atoms with Crippen LogP contribution in [-0.4, -0.2) is 29.6 Å². The van der Waals surface area contributed by atoms with Gasteiger partial charge in [-0.3, -0.25) is 4.79 Å². The Hall–Kier alpha value is -2.37. The third kappa shape index (κ3) is 4.00. The summed E-state index contributed by atoms with van der Waals surface area (Å²) in [7, 11) is 0. The maximum absolute atomic E-state index is 12.8. The first-order chi connectivity index (χ1) is 12.1. The number of hydrogen-bond acceptors (Lipinski definition) is 3. The summed E-state index contributed by atoms with van der Waals surface area (Å²) >= 11 is 6.22. The van der Waals surface area contributed by atoms with Crippen LogP contribution in [0.25, 0.3) is 0 Å². The van der Waals surface area contributed by atoms with Gasteiger partial charge in [-0.1, -0.05) is 35.9 Å². The first kappa shape index (κ1) is 17.5. The lowest BCUT2D eigenvalue weighted by Crippen LogP contribution is -2.50. The third-order valence-electron chi connectivity index (χ3n) is 4.31. The number of piperidine rings is 1. The van der Waals surface area contributed by atoms with Crippen LogP contribution in [-0.2, 0) is 11.3 Å². The van der Waals surface area contributed by atoms with Crippen LogP contribution >= 0.6 is 11.6 Å². The SMILES string of the molecule is O=C(O)c1cccc(CNC2CCCN(c3ccccc3Cl)C2=O)c1. The number of carbonyl (C=O) groups is 2. The normalized spacial score (nSPS) is 17.6. The van der Waals surface area contributed by atoms with Crippen molar-refractivity contribution in [3.63, 3.8) is 0 Å². The van der Waals surface area contributed by atoms with Gasteiger partial charge in [0.1, 0.15) is 0 Å². The van der Waals surface area contributed by atoms with Gasteiger partial charge in [0.05, 0.1) is 22.3 Å². The van der Waals surface area contributed by atoms with E-state index in [4.69, 9.17) is 16.7 Å². The van der Waals surface area contributed by atoms with E-state index in [0.717, 1.165) is 24.1 Å². The van der Waals surface area contributed by atoms with E-state index in [-0.39, 0.29) is 17.5 Å². The Balaban J connectivity index is 1.69. The van der Waals surface area contributed by atoms with Gasteiger partial charge in [0, 0.05) is 13.1 Å². The molecule has 130 valence electrons. The predicted molar refractivity (Wildman–Crippen MR) is 97.1 cm³/mol. The Morgan fingerprint density at radius 3 is 2.80 bits per heavy atom. The van der Waals surface area contributed by atoms with Crippen LogP contribution in [0.1, 0.15) is 28.8 Å². The summed E-state index contributed by atoms with van der Waals surface area (Å²) in [5.74, 6) is -0.964. The number of carboxylic acid groups (broad SMARTS) is 1. The van der Waals surface area contributed by atoms with Gasteiger partial charge >= 0.3 is 5.97 Å². The van der Waals surface area contributed by atoms with Crippen LogP contribution < -0.4 is 10.2 Å². The highest BCUT2D eigenvalue weighted by Gasteiger charge is 2.30. The molecule has 1 aliphatic heterocycles. The van der Waals surface area contributed by atoms with E-state index < -0.39 is 5.97 Å². The first-order valence-corrected chi connectivity index (χ1v) is 8.55. The van der Waals surface area contributed by atoms with Crippen molar-refractivity contribution in [1.29, 1.82) is 0 Å². The Kier molecular flexibility index (Phi) is 5.36. The van der Waals surface area contributed by atoms with E-state index in [0.29, 0.717) is 18.1 Å². The minimum Gasteiger partial charge on any atom is -0.478 e. The van der Waals surface area contributed by atoms with Gasteiger partial charge in [-0.25, -0.2) is 4.79 Å². The molecule has 6 heteroatoms. The number of carbonyl (C=O) groups excluding carboxylic acids is 1. The minimum atomic E-state index is -0.958. The van der Waals surface area contributed by atoms with E-state index in [1.54, 1.807) is 29.2 Å². The summed E-state index contributed by atoms with van der Waals surface area (Å²) in [6.07, 6.45) is 1.63. The van der Waals surface area contributed by atoms with Gasteiger partial charge in [0.15, 0.2) is 0 Å². The monoisotopic (exact) mass is 358 g/mol. The van der Waals surface area contributed by atoms with Crippen LogP contribution in [0.15, 0.2) is 48.5 Å². The van der Waals surface area contributed by atoms with Crippen molar-refractivity contribution < 1.29 is 14.7 Å². The second kappa shape index (κ2) is 7.68. The molecule has 0 saturated carbocycles. The third-order valence-corrected chi connectivity index (χ3v) is 4.63. The number of anilines is 1. The molecule has 1 atom stereocenters. The van der Waals surface area contributed by atoms with Crippen LogP contribution in [0.4, 0.5) is 5.69 Å². The second-order valence-corrected chi connectivity index (χ2v) is 6.43. The number of para-hydroxylation sites is 1. The highest BCUT2D eigenvalue weighted by atomic mass is 35.5. The second-order valence-electron chi connectivity index (χ2n) is 6.02. The lowest BCUT2D eigenvalue weighted by Gasteiger charge is -2.33. The largest absolute Gasteiger partial charge is 0.478 e. The van der Waals surface area contributed by atoms with Crippen LogP contribution in [0.5, 0.6) is 0 Å². The molecule has 25 heavy (non-hydrogen) atoms. The van der Waals surface area contributed by atoms with E-state index in [9.17, 15) is 9.59 Å². The van der Waals surface area contributed by atoms with Crippen LogP contribution in [0.2, 0.25) is 5.02 Å². The van der Waals surface area contributed by atoms with Crippen molar-refractivity contribution >= 4 is 29.2 Å². The molecular weight excluding hydrogens is 340 g/mol. The molecule has 2 aromatic rings. The number of nitrogens with zero attached hydrogens (tertiary/aromatic N) is 1. The summed E-state index contributed by atoms with van der Waals surface area (Å²) in [5.41, 5.74) is 1.81. The zero-order valence-corrected chi connectivity index (χ0v) is 14.4. The highest BCUT2D eigenvalue weighted by molar-refractivity contribution is 6.33. The summed E-state index contributed by atoms with van der Waals surface area (Å²) in [6, 6.07) is 13.7. The average molecular weight is 359 g/mol. The first-order valence-electron chi connectivity index (χ1n) is 8.18. The highest BCUT2D eigenvalue weighted by Crippen LogP contribution is 2.28. The molecule has 0 aromatic heterocycles. The lowest BCUT2D eigenvalue weighted by molar-refractivity contribution is -0.121. The molecule has 0 radical (unpaired) electrons. The molecule has 1 unspecified atom stereocenters. The summed E-state index contributed by atoms with van der Waals surface area (Å²) in [6.45, 7) is 1.09. The maximum atomic E-state index is 12.8. The van der Waals surface area contributed by atoms with Crippen molar-refractivity contribution in [3.05, 3.63) is 64.7 Å². The van der Waals surface area contributed by atoms with E-state index in [1.807, 2.05) is 24.3 Å². The molecule has 1 amide bonds. The van der Waals surface area contributed by atoms with Crippen molar-refractivity contribution in [2.75, 3.05) is 11.4 Å². The molecule has 1 saturated heterocycles. The Morgan fingerprint density at radius 1 is 1.24 bits per heavy atom. The molecule has 0 aliphatic carbocycles. The maximum Gasteiger partial charge on any atom is 0.335 e. The topological polar surface area (TPSA) is 69.6 Å². The minimum absolute atomic E-state index is 0.00580.